The molecule has 108 valence electrons. The molecule has 1 saturated heterocycles. The molecule has 0 spiro atoms. The first-order valence-corrected chi connectivity index (χ1v) is 7.56. The zero-order valence-electron chi connectivity index (χ0n) is 11.8. The van der Waals surface area contributed by atoms with Crippen LogP contribution in [0, 0.1) is 0 Å². The molecule has 1 aliphatic rings. The van der Waals surface area contributed by atoms with Crippen LogP contribution < -0.4 is 5.32 Å². The van der Waals surface area contributed by atoms with Crippen LogP contribution in [0.4, 0.5) is 4.39 Å². The SMILES string of the molecule is CCCn1ncc(Cl)c1C(C)(F)CC1CCCCN1. The number of nitrogens with zero attached hydrogens (tertiary/aromatic N) is 2. The molecule has 1 aliphatic heterocycles. The van der Waals surface area contributed by atoms with Gasteiger partial charge in [0.05, 0.1) is 16.9 Å². The highest BCUT2D eigenvalue weighted by molar-refractivity contribution is 6.31. The Hall–Kier alpha value is -0.610. The molecule has 2 unspecified atom stereocenters. The Balaban J connectivity index is 2.15. The monoisotopic (exact) mass is 287 g/mol. The van der Waals surface area contributed by atoms with E-state index in [2.05, 4.69) is 17.3 Å². The van der Waals surface area contributed by atoms with Crippen molar-refractivity contribution in [2.75, 3.05) is 6.54 Å². The van der Waals surface area contributed by atoms with Crippen molar-refractivity contribution in [3.63, 3.8) is 0 Å². The average Bonchev–Trinajstić information content (AvgIpc) is 2.72. The summed E-state index contributed by atoms with van der Waals surface area (Å²) in [5.41, 5.74) is -0.902. The molecule has 2 atom stereocenters. The lowest BCUT2D eigenvalue weighted by atomic mass is 9.90. The van der Waals surface area contributed by atoms with Gasteiger partial charge in [0.1, 0.15) is 0 Å². The highest BCUT2D eigenvalue weighted by Crippen LogP contribution is 2.36. The molecule has 2 heterocycles. The predicted octanol–water partition coefficient (Wildman–Crippen LogP) is 3.66. The lowest BCUT2D eigenvalue weighted by Crippen LogP contribution is -2.39. The maximum Gasteiger partial charge on any atom is 0.152 e. The molecule has 0 bridgehead atoms. The van der Waals surface area contributed by atoms with Crippen molar-refractivity contribution in [3.05, 3.63) is 16.9 Å². The van der Waals surface area contributed by atoms with Crippen LogP contribution in [0.2, 0.25) is 5.02 Å². The number of nitrogens with one attached hydrogen (secondary N) is 1. The zero-order chi connectivity index (χ0) is 13.9. The minimum absolute atomic E-state index is 0.241. The molecule has 19 heavy (non-hydrogen) atoms. The summed E-state index contributed by atoms with van der Waals surface area (Å²) in [6.45, 7) is 5.37. The van der Waals surface area contributed by atoms with E-state index in [4.69, 9.17) is 11.6 Å². The van der Waals surface area contributed by atoms with Crippen molar-refractivity contribution in [3.8, 4) is 0 Å². The molecule has 0 aliphatic carbocycles. The molecule has 1 aromatic heterocycles. The molecule has 1 N–H and O–H groups in total. The van der Waals surface area contributed by atoms with Crippen LogP contribution in [0.3, 0.4) is 0 Å². The lowest BCUT2D eigenvalue weighted by molar-refractivity contribution is 0.134. The fourth-order valence-electron chi connectivity index (χ4n) is 2.92. The predicted molar refractivity (Wildman–Crippen MR) is 76.2 cm³/mol. The first kappa shape index (κ1) is 14.8. The van der Waals surface area contributed by atoms with Gasteiger partial charge in [0.2, 0.25) is 0 Å². The minimum Gasteiger partial charge on any atom is -0.314 e. The van der Waals surface area contributed by atoms with Crippen LogP contribution >= 0.6 is 11.6 Å². The molecule has 5 heteroatoms. The van der Waals surface area contributed by atoms with E-state index in [0.29, 0.717) is 23.7 Å². The van der Waals surface area contributed by atoms with Crippen molar-refractivity contribution >= 4 is 11.6 Å². The largest absolute Gasteiger partial charge is 0.314 e. The average molecular weight is 288 g/mol. The van der Waals surface area contributed by atoms with Gasteiger partial charge in [-0.1, -0.05) is 24.9 Å². The third-order valence-corrected chi connectivity index (χ3v) is 4.04. The maximum atomic E-state index is 15.1. The second-order valence-electron chi connectivity index (χ2n) is 5.61. The van der Waals surface area contributed by atoms with E-state index in [-0.39, 0.29) is 6.04 Å². The van der Waals surface area contributed by atoms with Gasteiger partial charge in [0.25, 0.3) is 0 Å². The number of piperidine rings is 1. The molecular weight excluding hydrogens is 265 g/mol. The van der Waals surface area contributed by atoms with Gasteiger partial charge in [-0.15, -0.1) is 0 Å². The number of halogens is 2. The summed E-state index contributed by atoms with van der Waals surface area (Å²) < 4.78 is 16.8. The summed E-state index contributed by atoms with van der Waals surface area (Å²) in [5.74, 6) is 0. The summed E-state index contributed by atoms with van der Waals surface area (Å²) >= 11 is 6.14. The van der Waals surface area contributed by atoms with E-state index in [1.165, 1.54) is 12.8 Å². The summed E-state index contributed by atoms with van der Waals surface area (Å²) in [4.78, 5) is 0. The molecule has 0 radical (unpaired) electrons. The Labute approximate surface area is 119 Å². The number of rotatable bonds is 5. The Morgan fingerprint density at radius 1 is 1.58 bits per heavy atom. The topological polar surface area (TPSA) is 29.9 Å². The van der Waals surface area contributed by atoms with E-state index in [1.807, 2.05) is 0 Å². The fraction of sp³-hybridized carbons (Fsp3) is 0.786. The maximum absolute atomic E-state index is 15.1. The Kier molecular flexibility index (Phi) is 4.85. The molecule has 0 amide bonds. The standard InChI is InChI=1S/C14H23ClFN3/c1-3-8-19-13(12(15)10-18-19)14(2,16)9-11-6-4-5-7-17-11/h10-11,17H,3-9H2,1-2H3. The highest BCUT2D eigenvalue weighted by atomic mass is 35.5. The van der Waals surface area contributed by atoms with E-state index in [0.717, 1.165) is 19.4 Å². The number of alkyl halides is 1. The highest BCUT2D eigenvalue weighted by Gasteiger charge is 2.35. The third-order valence-electron chi connectivity index (χ3n) is 3.77. The second kappa shape index (κ2) is 6.23. The van der Waals surface area contributed by atoms with Gasteiger partial charge >= 0.3 is 0 Å². The van der Waals surface area contributed by atoms with Gasteiger partial charge in [-0.05, 0) is 32.7 Å². The van der Waals surface area contributed by atoms with Gasteiger partial charge in [-0.25, -0.2) is 4.39 Å². The smallest absolute Gasteiger partial charge is 0.152 e. The molecule has 1 fully saturated rings. The summed E-state index contributed by atoms with van der Waals surface area (Å²) in [6.07, 6.45) is 6.34. The number of hydrogen-bond acceptors (Lipinski definition) is 2. The van der Waals surface area contributed by atoms with E-state index < -0.39 is 5.67 Å². The van der Waals surface area contributed by atoms with Gasteiger partial charge in [-0.2, -0.15) is 5.10 Å². The van der Waals surface area contributed by atoms with Crippen LogP contribution in [0.5, 0.6) is 0 Å². The Morgan fingerprint density at radius 2 is 2.37 bits per heavy atom. The third kappa shape index (κ3) is 3.48. The first-order valence-electron chi connectivity index (χ1n) is 7.18. The molecule has 3 nitrogen and oxygen atoms in total. The molecule has 2 rings (SSSR count). The quantitative estimate of drug-likeness (QED) is 0.896. The summed E-state index contributed by atoms with van der Waals surface area (Å²) in [5, 5.41) is 8.02. The summed E-state index contributed by atoms with van der Waals surface area (Å²) in [7, 11) is 0. The van der Waals surface area contributed by atoms with Crippen molar-refractivity contribution in [2.45, 2.75) is 64.2 Å². The molecule has 1 aromatic rings. The Morgan fingerprint density at radius 3 is 3.00 bits per heavy atom. The second-order valence-corrected chi connectivity index (χ2v) is 6.02. The minimum atomic E-state index is -1.43. The van der Waals surface area contributed by atoms with Gasteiger partial charge in [-0.3, -0.25) is 4.68 Å². The number of aryl methyl sites for hydroxylation is 1. The lowest BCUT2D eigenvalue weighted by Gasteiger charge is -2.30. The fourth-order valence-corrected chi connectivity index (χ4v) is 3.26. The van der Waals surface area contributed by atoms with Crippen LogP contribution in [-0.2, 0) is 12.2 Å². The van der Waals surface area contributed by atoms with Crippen LogP contribution in [-0.4, -0.2) is 22.4 Å². The van der Waals surface area contributed by atoms with Crippen molar-refractivity contribution in [2.24, 2.45) is 0 Å². The number of aromatic nitrogens is 2. The van der Waals surface area contributed by atoms with E-state index in [1.54, 1.807) is 17.8 Å². The normalized spacial score (nSPS) is 23.3. The van der Waals surface area contributed by atoms with Gasteiger partial charge < -0.3 is 5.32 Å². The van der Waals surface area contributed by atoms with Gasteiger partial charge in [0.15, 0.2) is 5.67 Å². The zero-order valence-corrected chi connectivity index (χ0v) is 12.5. The van der Waals surface area contributed by atoms with Crippen LogP contribution in [0.1, 0.15) is 51.6 Å². The molecule has 0 saturated carbocycles. The Bertz CT molecular complexity index is 411. The van der Waals surface area contributed by atoms with E-state index >= 15 is 4.39 Å². The van der Waals surface area contributed by atoms with Crippen molar-refractivity contribution in [1.29, 1.82) is 0 Å². The van der Waals surface area contributed by atoms with Crippen molar-refractivity contribution in [1.82, 2.24) is 15.1 Å². The van der Waals surface area contributed by atoms with E-state index in [9.17, 15) is 0 Å². The van der Waals surface area contributed by atoms with Crippen LogP contribution in [0.25, 0.3) is 0 Å². The molecular formula is C14H23ClFN3. The first-order chi connectivity index (χ1) is 9.04. The van der Waals surface area contributed by atoms with Crippen LogP contribution in [0.15, 0.2) is 6.20 Å². The summed E-state index contributed by atoms with van der Waals surface area (Å²) in [6, 6.07) is 0.241. The number of hydrogen-bond donors (Lipinski definition) is 1. The van der Waals surface area contributed by atoms with Gasteiger partial charge in [0, 0.05) is 19.0 Å². The van der Waals surface area contributed by atoms with Crippen molar-refractivity contribution < 1.29 is 4.39 Å². The molecule has 0 aromatic carbocycles.